The second-order valence-electron chi connectivity index (χ2n) is 4.75. The van der Waals surface area contributed by atoms with Crippen LogP contribution in [0.3, 0.4) is 0 Å². The van der Waals surface area contributed by atoms with Crippen LogP contribution in [0.4, 0.5) is 0 Å². The lowest BCUT2D eigenvalue weighted by Gasteiger charge is -2.16. The third-order valence-electron chi connectivity index (χ3n) is 2.68. The monoisotopic (exact) mass is 308 g/mol. The summed E-state index contributed by atoms with van der Waals surface area (Å²) >= 11 is 5.07. The Morgan fingerprint density at radius 1 is 1.38 bits per heavy atom. The van der Waals surface area contributed by atoms with Crippen molar-refractivity contribution in [3.8, 4) is 11.5 Å². The van der Waals surface area contributed by atoms with Gasteiger partial charge in [-0.25, -0.2) is 4.68 Å². The number of ether oxygens (including phenoxy) is 2. The quantitative estimate of drug-likeness (QED) is 0.770. The number of hydrogen-bond donors (Lipinski definition) is 2. The molecule has 2 aromatic rings. The second kappa shape index (κ2) is 7.12. The SMILES string of the molecule is CCOc1cc(CNn2cn[nH]c2=S)ccc1OC(C)C. The third kappa shape index (κ3) is 4.22. The molecule has 2 rings (SSSR count). The van der Waals surface area contributed by atoms with E-state index in [0.717, 1.165) is 17.1 Å². The molecule has 0 aliphatic rings. The second-order valence-corrected chi connectivity index (χ2v) is 5.13. The summed E-state index contributed by atoms with van der Waals surface area (Å²) in [5, 5.41) is 6.54. The maximum Gasteiger partial charge on any atom is 0.214 e. The van der Waals surface area contributed by atoms with Gasteiger partial charge in [0.1, 0.15) is 6.33 Å². The van der Waals surface area contributed by atoms with Crippen molar-refractivity contribution in [3.63, 3.8) is 0 Å². The molecule has 0 unspecified atom stereocenters. The first-order chi connectivity index (χ1) is 10.1. The summed E-state index contributed by atoms with van der Waals surface area (Å²) in [6, 6.07) is 5.89. The largest absolute Gasteiger partial charge is 0.490 e. The van der Waals surface area contributed by atoms with Crippen LogP contribution in [0.5, 0.6) is 11.5 Å². The van der Waals surface area contributed by atoms with Gasteiger partial charge in [-0.05, 0) is 50.7 Å². The molecule has 0 radical (unpaired) electrons. The van der Waals surface area contributed by atoms with Crippen LogP contribution in [0, 0.1) is 4.77 Å². The smallest absolute Gasteiger partial charge is 0.214 e. The molecule has 6 nitrogen and oxygen atoms in total. The number of aromatic nitrogens is 3. The predicted molar refractivity (Wildman–Crippen MR) is 83.9 cm³/mol. The van der Waals surface area contributed by atoms with E-state index in [4.69, 9.17) is 21.7 Å². The lowest BCUT2D eigenvalue weighted by atomic mass is 10.2. The Bertz CT molecular complexity index is 636. The molecule has 0 aliphatic carbocycles. The lowest BCUT2D eigenvalue weighted by Crippen LogP contribution is -2.13. The van der Waals surface area contributed by atoms with Crippen LogP contribution in [-0.2, 0) is 6.54 Å². The van der Waals surface area contributed by atoms with Crippen molar-refractivity contribution < 1.29 is 9.47 Å². The molecule has 1 heterocycles. The van der Waals surface area contributed by atoms with E-state index in [1.165, 1.54) is 0 Å². The van der Waals surface area contributed by atoms with Gasteiger partial charge >= 0.3 is 0 Å². The van der Waals surface area contributed by atoms with Crippen LogP contribution in [0.1, 0.15) is 26.3 Å². The van der Waals surface area contributed by atoms with E-state index >= 15 is 0 Å². The van der Waals surface area contributed by atoms with Gasteiger partial charge in [-0.2, -0.15) is 5.10 Å². The van der Waals surface area contributed by atoms with Gasteiger partial charge in [-0.15, -0.1) is 0 Å². The molecule has 1 aromatic heterocycles. The number of nitrogens with zero attached hydrogens (tertiary/aromatic N) is 2. The maximum atomic E-state index is 5.74. The van der Waals surface area contributed by atoms with Crippen LogP contribution < -0.4 is 14.9 Å². The van der Waals surface area contributed by atoms with Gasteiger partial charge in [0.05, 0.1) is 19.3 Å². The Balaban J connectivity index is 2.11. The fraction of sp³-hybridized carbons (Fsp3) is 0.429. The molecule has 2 N–H and O–H groups in total. The summed E-state index contributed by atoms with van der Waals surface area (Å²) < 4.78 is 13.6. The molecule has 0 amide bonds. The normalized spacial score (nSPS) is 10.7. The lowest BCUT2D eigenvalue weighted by molar-refractivity contribution is 0.223. The van der Waals surface area contributed by atoms with E-state index in [-0.39, 0.29) is 6.10 Å². The molecule has 0 spiro atoms. The van der Waals surface area contributed by atoms with Crippen LogP contribution in [0.15, 0.2) is 24.5 Å². The molecule has 114 valence electrons. The molecule has 1 aromatic carbocycles. The number of benzene rings is 1. The van der Waals surface area contributed by atoms with Gasteiger partial charge in [0, 0.05) is 0 Å². The summed E-state index contributed by atoms with van der Waals surface area (Å²) in [6.07, 6.45) is 1.71. The average molecular weight is 308 g/mol. The van der Waals surface area contributed by atoms with Gasteiger partial charge in [0.2, 0.25) is 4.77 Å². The maximum absolute atomic E-state index is 5.74. The van der Waals surface area contributed by atoms with Crippen molar-refractivity contribution in [1.82, 2.24) is 14.9 Å². The molecule has 0 fully saturated rings. The Labute approximate surface area is 129 Å². The molecule has 0 bridgehead atoms. The number of H-pyrrole nitrogens is 1. The van der Waals surface area contributed by atoms with Crippen LogP contribution >= 0.6 is 12.2 Å². The van der Waals surface area contributed by atoms with Crippen molar-refractivity contribution in [3.05, 3.63) is 34.9 Å². The highest BCUT2D eigenvalue weighted by molar-refractivity contribution is 7.71. The molecule has 0 saturated heterocycles. The van der Waals surface area contributed by atoms with E-state index in [9.17, 15) is 0 Å². The zero-order valence-corrected chi connectivity index (χ0v) is 13.2. The summed E-state index contributed by atoms with van der Waals surface area (Å²) in [7, 11) is 0. The number of nitrogens with one attached hydrogen (secondary N) is 2. The number of aromatic amines is 1. The molecular weight excluding hydrogens is 288 g/mol. The molecule has 0 aliphatic heterocycles. The Morgan fingerprint density at radius 3 is 2.81 bits per heavy atom. The first kappa shape index (κ1) is 15.4. The third-order valence-corrected chi connectivity index (χ3v) is 2.96. The van der Waals surface area contributed by atoms with Crippen molar-refractivity contribution >= 4 is 12.2 Å². The minimum atomic E-state index is 0.109. The highest BCUT2D eigenvalue weighted by Crippen LogP contribution is 2.29. The first-order valence-corrected chi connectivity index (χ1v) is 7.29. The fourth-order valence-corrected chi connectivity index (χ4v) is 1.98. The number of rotatable bonds is 7. The Hall–Kier alpha value is -2.02. The highest BCUT2D eigenvalue weighted by atomic mass is 32.1. The number of hydrogen-bond acceptors (Lipinski definition) is 5. The molecule has 7 heteroatoms. The van der Waals surface area contributed by atoms with Gasteiger partial charge < -0.3 is 14.9 Å². The standard InChI is InChI=1S/C14H20N4O2S/c1-4-19-13-7-11(5-6-12(13)20-10(2)3)8-16-18-9-15-17-14(18)21/h5-7,9-10,16H,4,8H2,1-3H3,(H,17,21). The highest BCUT2D eigenvalue weighted by Gasteiger charge is 2.08. The summed E-state index contributed by atoms with van der Waals surface area (Å²) in [5.41, 5.74) is 4.23. The molecular formula is C14H20N4O2S. The van der Waals surface area contributed by atoms with Crippen molar-refractivity contribution in [1.29, 1.82) is 0 Å². The van der Waals surface area contributed by atoms with E-state index in [1.807, 2.05) is 39.0 Å². The van der Waals surface area contributed by atoms with Crippen molar-refractivity contribution in [2.75, 3.05) is 12.0 Å². The molecule has 0 saturated carbocycles. The van der Waals surface area contributed by atoms with E-state index in [0.29, 0.717) is 17.9 Å². The molecule has 21 heavy (non-hydrogen) atoms. The summed E-state index contributed by atoms with van der Waals surface area (Å²) in [4.78, 5) is 0. The summed E-state index contributed by atoms with van der Waals surface area (Å²) in [5.74, 6) is 1.51. The minimum absolute atomic E-state index is 0.109. The van der Waals surface area contributed by atoms with Gasteiger partial charge in [0.25, 0.3) is 0 Å². The topological polar surface area (TPSA) is 64.1 Å². The average Bonchev–Trinajstić information content (AvgIpc) is 2.84. The van der Waals surface area contributed by atoms with Gasteiger partial charge in [0.15, 0.2) is 11.5 Å². The van der Waals surface area contributed by atoms with Crippen LogP contribution in [-0.4, -0.2) is 27.6 Å². The van der Waals surface area contributed by atoms with Crippen molar-refractivity contribution in [2.45, 2.75) is 33.4 Å². The van der Waals surface area contributed by atoms with E-state index in [2.05, 4.69) is 15.6 Å². The Morgan fingerprint density at radius 2 is 2.19 bits per heavy atom. The van der Waals surface area contributed by atoms with Crippen molar-refractivity contribution in [2.24, 2.45) is 0 Å². The summed E-state index contributed by atoms with van der Waals surface area (Å²) in [6.45, 7) is 7.14. The van der Waals surface area contributed by atoms with Crippen LogP contribution in [0.25, 0.3) is 0 Å². The predicted octanol–water partition coefficient (Wildman–Crippen LogP) is 2.87. The van der Waals surface area contributed by atoms with E-state index < -0.39 is 0 Å². The van der Waals surface area contributed by atoms with Gasteiger partial charge in [-0.1, -0.05) is 6.07 Å². The van der Waals surface area contributed by atoms with Gasteiger partial charge in [-0.3, -0.25) is 5.10 Å². The van der Waals surface area contributed by atoms with E-state index in [1.54, 1.807) is 11.0 Å². The first-order valence-electron chi connectivity index (χ1n) is 6.88. The Kier molecular flexibility index (Phi) is 5.21. The minimum Gasteiger partial charge on any atom is -0.490 e. The fourth-order valence-electron chi connectivity index (χ4n) is 1.82. The van der Waals surface area contributed by atoms with Crippen LogP contribution in [0.2, 0.25) is 0 Å². The zero-order chi connectivity index (χ0) is 15.2. The molecule has 0 atom stereocenters. The zero-order valence-electron chi connectivity index (χ0n) is 12.4.